The van der Waals surface area contributed by atoms with E-state index in [0.29, 0.717) is 18.8 Å². The summed E-state index contributed by atoms with van der Waals surface area (Å²) in [6.07, 6.45) is 1.79. The summed E-state index contributed by atoms with van der Waals surface area (Å²) >= 11 is 0. The molecule has 25 heavy (non-hydrogen) atoms. The second-order valence-corrected chi connectivity index (χ2v) is 5.77. The predicted octanol–water partition coefficient (Wildman–Crippen LogP) is 0.323. The molecule has 0 saturated carbocycles. The van der Waals surface area contributed by atoms with E-state index >= 15 is 0 Å². The topological polar surface area (TPSA) is 95.2 Å². The maximum atomic E-state index is 12.5. The fraction of sp³-hybridized carbons (Fsp3) is 0.412. The molecule has 1 aliphatic rings. The number of nitrogens with zero attached hydrogens (tertiary/aromatic N) is 3. The molecule has 2 heterocycles. The van der Waals surface area contributed by atoms with Crippen molar-refractivity contribution in [1.29, 1.82) is 0 Å². The molecule has 3 rings (SSSR count). The van der Waals surface area contributed by atoms with Crippen LogP contribution >= 0.6 is 0 Å². The van der Waals surface area contributed by atoms with Gasteiger partial charge in [0.15, 0.2) is 0 Å². The summed E-state index contributed by atoms with van der Waals surface area (Å²) in [6, 6.07) is 8.68. The Bertz CT molecular complexity index is 866. The fourth-order valence-electron chi connectivity index (χ4n) is 2.77. The van der Waals surface area contributed by atoms with Gasteiger partial charge in [0.05, 0.1) is 11.8 Å². The second-order valence-electron chi connectivity index (χ2n) is 5.77. The summed E-state index contributed by atoms with van der Waals surface area (Å²) in [7, 11) is 0. The molecule has 1 aromatic heterocycles. The van der Waals surface area contributed by atoms with Crippen molar-refractivity contribution in [3.63, 3.8) is 0 Å². The van der Waals surface area contributed by atoms with Gasteiger partial charge in [-0.05, 0) is 31.9 Å². The zero-order valence-corrected chi connectivity index (χ0v) is 14.0. The van der Waals surface area contributed by atoms with Gasteiger partial charge in [-0.2, -0.15) is 9.78 Å². The molecule has 8 nitrogen and oxygen atoms in total. The van der Waals surface area contributed by atoms with Gasteiger partial charge in [-0.15, -0.1) is 0 Å². The number of aromatic nitrogens is 3. The van der Waals surface area contributed by atoms with Gasteiger partial charge in [-0.1, -0.05) is 18.2 Å². The van der Waals surface area contributed by atoms with Crippen molar-refractivity contribution in [2.45, 2.75) is 32.4 Å². The predicted molar refractivity (Wildman–Crippen MR) is 91.1 cm³/mol. The Morgan fingerprint density at radius 3 is 2.72 bits per heavy atom. The minimum Gasteiger partial charge on any atom is -0.376 e. The molecular weight excluding hydrogens is 324 g/mol. The largest absolute Gasteiger partial charge is 0.376 e. The van der Waals surface area contributed by atoms with Crippen LogP contribution in [-0.2, 0) is 11.3 Å². The normalized spacial score (nSPS) is 16.8. The van der Waals surface area contributed by atoms with E-state index in [0.717, 1.165) is 22.1 Å². The van der Waals surface area contributed by atoms with Crippen LogP contribution in [0.15, 0.2) is 39.9 Å². The smallest absolute Gasteiger partial charge is 0.352 e. The number of benzene rings is 1. The Kier molecular flexibility index (Phi) is 5.08. The lowest BCUT2D eigenvalue weighted by Crippen LogP contribution is -2.46. The summed E-state index contributed by atoms with van der Waals surface area (Å²) in [5.41, 5.74) is -1.08. The first-order valence-electron chi connectivity index (χ1n) is 8.31. The summed E-state index contributed by atoms with van der Waals surface area (Å²) in [6.45, 7) is 2.82. The maximum Gasteiger partial charge on any atom is 0.352 e. The molecule has 1 fully saturated rings. The van der Waals surface area contributed by atoms with Crippen molar-refractivity contribution in [1.82, 2.24) is 19.7 Å². The molecule has 1 N–H and O–H groups in total. The first kappa shape index (κ1) is 17.1. The average molecular weight is 344 g/mol. The lowest BCUT2D eigenvalue weighted by Gasteiger charge is -2.12. The Hall–Kier alpha value is -2.74. The Balaban J connectivity index is 1.96. The second kappa shape index (κ2) is 7.43. The SMILES string of the molecule is CCn1c(=O)c(C(=O)NCC2CCCO2)nn(-c2ccccc2)c1=O. The Labute approximate surface area is 144 Å². The van der Waals surface area contributed by atoms with Crippen LogP contribution < -0.4 is 16.6 Å². The third kappa shape index (κ3) is 3.53. The van der Waals surface area contributed by atoms with E-state index in [4.69, 9.17) is 4.74 Å². The standard InChI is InChI=1S/C17H20N4O4/c1-2-20-16(23)14(15(22)18-11-13-9-6-10-25-13)19-21(17(20)24)12-7-4-3-5-8-12/h3-5,7-8,13H,2,6,9-11H2,1H3,(H,18,22). The molecule has 0 bridgehead atoms. The number of carbonyl (C=O) groups is 1. The molecule has 0 radical (unpaired) electrons. The molecule has 8 heteroatoms. The zero-order chi connectivity index (χ0) is 17.8. The molecule has 1 atom stereocenters. The van der Waals surface area contributed by atoms with Crippen molar-refractivity contribution in [3.8, 4) is 5.69 Å². The Morgan fingerprint density at radius 2 is 2.08 bits per heavy atom. The quantitative estimate of drug-likeness (QED) is 0.843. The number of para-hydroxylation sites is 1. The zero-order valence-electron chi connectivity index (χ0n) is 14.0. The van der Waals surface area contributed by atoms with Crippen LogP contribution in [0.3, 0.4) is 0 Å². The van der Waals surface area contributed by atoms with E-state index in [-0.39, 0.29) is 18.3 Å². The van der Waals surface area contributed by atoms with Crippen molar-refractivity contribution in [3.05, 3.63) is 56.9 Å². The highest BCUT2D eigenvalue weighted by atomic mass is 16.5. The van der Waals surface area contributed by atoms with Crippen LogP contribution in [0.2, 0.25) is 0 Å². The molecule has 1 aromatic carbocycles. The van der Waals surface area contributed by atoms with Crippen LogP contribution in [0.1, 0.15) is 30.3 Å². The van der Waals surface area contributed by atoms with Crippen molar-refractivity contribution in [2.75, 3.05) is 13.2 Å². The van der Waals surface area contributed by atoms with E-state index in [9.17, 15) is 14.4 Å². The van der Waals surface area contributed by atoms with E-state index in [2.05, 4.69) is 10.4 Å². The summed E-state index contributed by atoms with van der Waals surface area (Å²) in [4.78, 5) is 37.3. The number of ether oxygens (including phenoxy) is 1. The highest BCUT2D eigenvalue weighted by molar-refractivity contribution is 5.91. The van der Waals surface area contributed by atoms with Gasteiger partial charge in [0.1, 0.15) is 0 Å². The van der Waals surface area contributed by atoms with Gasteiger partial charge in [-0.3, -0.25) is 14.2 Å². The van der Waals surface area contributed by atoms with Crippen LogP contribution in [0.4, 0.5) is 0 Å². The molecule has 1 amide bonds. The molecule has 1 aliphatic heterocycles. The number of hydrogen-bond donors (Lipinski definition) is 1. The average Bonchev–Trinajstić information content (AvgIpc) is 3.14. The fourth-order valence-corrected chi connectivity index (χ4v) is 2.77. The van der Waals surface area contributed by atoms with E-state index < -0.39 is 17.2 Å². The first-order valence-corrected chi connectivity index (χ1v) is 8.31. The first-order chi connectivity index (χ1) is 12.1. The molecule has 1 saturated heterocycles. The van der Waals surface area contributed by atoms with Crippen LogP contribution in [0.5, 0.6) is 0 Å². The van der Waals surface area contributed by atoms with Gasteiger partial charge in [-0.25, -0.2) is 4.79 Å². The van der Waals surface area contributed by atoms with Crippen LogP contribution in [0, 0.1) is 0 Å². The lowest BCUT2D eigenvalue weighted by atomic mass is 10.2. The number of amides is 1. The summed E-state index contributed by atoms with van der Waals surface area (Å²) in [5, 5.41) is 6.69. The molecular formula is C17H20N4O4. The Morgan fingerprint density at radius 1 is 1.32 bits per heavy atom. The van der Waals surface area contributed by atoms with Crippen molar-refractivity contribution in [2.24, 2.45) is 0 Å². The molecule has 0 spiro atoms. The molecule has 132 valence electrons. The minimum atomic E-state index is -0.690. The van der Waals surface area contributed by atoms with Gasteiger partial charge in [0.25, 0.3) is 11.5 Å². The molecule has 1 unspecified atom stereocenters. The number of hydrogen-bond acceptors (Lipinski definition) is 5. The number of rotatable bonds is 5. The van der Waals surface area contributed by atoms with Gasteiger partial charge >= 0.3 is 5.69 Å². The third-order valence-corrected chi connectivity index (χ3v) is 4.11. The summed E-state index contributed by atoms with van der Waals surface area (Å²) < 4.78 is 7.53. The highest BCUT2D eigenvalue weighted by Gasteiger charge is 2.22. The number of carbonyl (C=O) groups excluding carboxylic acids is 1. The van der Waals surface area contributed by atoms with Crippen molar-refractivity contribution < 1.29 is 9.53 Å². The minimum absolute atomic E-state index is 0.0441. The number of nitrogens with one attached hydrogen (secondary N) is 1. The van der Waals surface area contributed by atoms with Gasteiger partial charge in [0.2, 0.25) is 5.69 Å². The maximum absolute atomic E-state index is 12.5. The van der Waals surface area contributed by atoms with E-state index in [1.165, 1.54) is 0 Å². The lowest BCUT2D eigenvalue weighted by molar-refractivity contribution is 0.0849. The van der Waals surface area contributed by atoms with Crippen molar-refractivity contribution >= 4 is 5.91 Å². The third-order valence-electron chi connectivity index (χ3n) is 4.11. The molecule has 2 aromatic rings. The van der Waals surface area contributed by atoms with Crippen LogP contribution in [-0.4, -0.2) is 39.5 Å². The molecule has 0 aliphatic carbocycles. The van der Waals surface area contributed by atoms with E-state index in [1.807, 2.05) is 0 Å². The monoisotopic (exact) mass is 344 g/mol. The van der Waals surface area contributed by atoms with Crippen LogP contribution in [0.25, 0.3) is 5.69 Å². The summed E-state index contributed by atoms with van der Waals surface area (Å²) in [5.74, 6) is -0.604. The highest BCUT2D eigenvalue weighted by Crippen LogP contribution is 2.10. The van der Waals surface area contributed by atoms with Gasteiger partial charge < -0.3 is 10.1 Å². The van der Waals surface area contributed by atoms with E-state index in [1.54, 1.807) is 37.3 Å². The van der Waals surface area contributed by atoms with Gasteiger partial charge in [0, 0.05) is 19.7 Å².